The van der Waals surface area contributed by atoms with Crippen molar-refractivity contribution >= 4 is 11.9 Å². The Balaban J connectivity index is 2.68. The summed E-state index contributed by atoms with van der Waals surface area (Å²) in [4.78, 5) is 16.3. The predicted octanol–water partition coefficient (Wildman–Crippen LogP) is 2.83. The van der Waals surface area contributed by atoms with Crippen molar-refractivity contribution in [3.63, 3.8) is 0 Å². The zero-order valence-corrected chi connectivity index (χ0v) is 17.0. The molecular weight excluding hydrogens is 328 g/mol. The molecule has 0 saturated heterocycles. The van der Waals surface area contributed by atoms with Crippen LogP contribution in [0.15, 0.2) is 29.3 Å². The second-order valence-electron chi connectivity index (χ2n) is 7.42. The summed E-state index contributed by atoms with van der Waals surface area (Å²) in [5, 5.41) is 9.28. The third-order valence-electron chi connectivity index (χ3n) is 3.23. The summed E-state index contributed by atoms with van der Waals surface area (Å²) < 4.78 is 6.01. The van der Waals surface area contributed by atoms with Crippen LogP contribution in [0.1, 0.15) is 53.5 Å². The van der Waals surface area contributed by atoms with E-state index in [1.807, 2.05) is 65.8 Å². The minimum absolute atomic E-state index is 0.0345. The quantitative estimate of drug-likeness (QED) is 0.491. The molecule has 0 spiro atoms. The molecule has 1 aromatic carbocycles. The molecule has 6 heteroatoms. The van der Waals surface area contributed by atoms with Gasteiger partial charge in [0.1, 0.15) is 11.4 Å². The van der Waals surface area contributed by atoms with Gasteiger partial charge in [-0.3, -0.25) is 4.79 Å². The number of guanidine groups is 1. The van der Waals surface area contributed by atoms with Gasteiger partial charge < -0.3 is 20.7 Å². The average molecular weight is 363 g/mol. The summed E-state index contributed by atoms with van der Waals surface area (Å²) in [5.74, 6) is 1.57. The lowest BCUT2D eigenvalue weighted by molar-refractivity contribution is -0.121. The van der Waals surface area contributed by atoms with Crippen molar-refractivity contribution in [3.8, 4) is 5.75 Å². The Hall–Kier alpha value is -2.24. The van der Waals surface area contributed by atoms with Crippen LogP contribution in [-0.4, -0.2) is 36.6 Å². The van der Waals surface area contributed by atoms with E-state index in [2.05, 4.69) is 20.9 Å². The molecule has 3 N–H and O–H groups in total. The second-order valence-corrected chi connectivity index (χ2v) is 7.42. The lowest BCUT2D eigenvalue weighted by Crippen LogP contribution is -2.40. The Morgan fingerprint density at radius 3 is 2.50 bits per heavy atom. The van der Waals surface area contributed by atoms with Gasteiger partial charge in [0.05, 0.1) is 6.54 Å². The van der Waals surface area contributed by atoms with E-state index < -0.39 is 0 Å². The number of ether oxygens (including phenoxy) is 1. The van der Waals surface area contributed by atoms with Gasteiger partial charge in [-0.05, 0) is 47.6 Å². The van der Waals surface area contributed by atoms with Crippen molar-refractivity contribution in [3.05, 3.63) is 29.8 Å². The van der Waals surface area contributed by atoms with E-state index >= 15 is 0 Å². The Bertz CT molecular complexity index is 592. The third-order valence-corrected chi connectivity index (χ3v) is 3.23. The molecule has 0 radical (unpaired) electrons. The molecule has 0 unspecified atom stereocenters. The van der Waals surface area contributed by atoms with E-state index in [1.165, 1.54) is 0 Å². The molecule has 0 heterocycles. The highest BCUT2D eigenvalue weighted by Gasteiger charge is 2.14. The van der Waals surface area contributed by atoms with Crippen molar-refractivity contribution in [2.45, 2.75) is 66.2 Å². The fourth-order valence-corrected chi connectivity index (χ4v) is 2.26. The number of para-hydroxylation sites is 1. The molecule has 146 valence electrons. The van der Waals surface area contributed by atoms with Gasteiger partial charge in [-0.15, -0.1) is 0 Å². The van der Waals surface area contributed by atoms with E-state index in [-0.39, 0.29) is 17.6 Å². The topological polar surface area (TPSA) is 74.8 Å². The molecule has 0 fully saturated rings. The monoisotopic (exact) mass is 362 g/mol. The van der Waals surface area contributed by atoms with Gasteiger partial charge in [-0.25, -0.2) is 4.99 Å². The molecule has 1 amide bonds. The SMILES string of the molecule is CCNC(=NCc1ccccc1OC(C)(C)C)NCCC(=O)NC(C)C. The summed E-state index contributed by atoms with van der Waals surface area (Å²) in [6.07, 6.45) is 0.409. The highest BCUT2D eigenvalue weighted by molar-refractivity contribution is 5.81. The molecular formula is C20H34N4O2. The van der Waals surface area contributed by atoms with Gasteiger partial charge in [0.25, 0.3) is 0 Å². The van der Waals surface area contributed by atoms with E-state index in [9.17, 15) is 4.79 Å². The largest absolute Gasteiger partial charge is 0.488 e. The number of benzene rings is 1. The first kappa shape index (κ1) is 21.8. The zero-order valence-electron chi connectivity index (χ0n) is 17.0. The van der Waals surface area contributed by atoms with Gasteiger partial charge in [-0.2, -0.15) is 0 Å². The molecule has 0 aromatic heterocycles. The summed E-state index contributed by atoms with van der Waals surface area (Å²) in [7, 11) is 0. The molecule has 0 aliphatic carbocycles. The number of hydrogen-bond acceptors (Lipinski definition) is 3. The van der Waals surface area contributed by atoms with E-state index in [0.29, 0.717) is 25.5 Å². The number of carbonyl (C=O) groups is 1. The number of carbonyl (C=O) groups excluding carboxylic acids is 1. The van der Waals surface area contributed by atoms with Crippen LogP contribution in [0.2, 0.25) is 0 Å². The van der Waals surface area contributed by atoms with Gasteiger partial charge in [0.2, 0.25) is 5.91 Å². The highest BCUT2D eigenvalue weighted by Crippen LogP contribution is 2.23. The Morgan fingerprint density at radius 2 is 1.88 bits per heavy atom. The first-order chi connectivity index (χ1) is 12.2. The van der Waals surface area contributed by atoms with E-state index in [0.717, 1.165) is 17.9 Å². The van der Waals surface area contributed by atoms with Crippen molar-refractivity contribution in [1.29, 1.82) is 0 Å². The maximum Gasteiger partial charge on any atom is 0.221 e. The lowest BCUT2D eigenvalue weighted by Gasteiger charge is -2.23. The molecule has 1 rings (SSSR count). The Morgan fingerprint density at radius 1 is 1.19 bits per heavy atom. The highest BCUT2D eigenvalue weighted by atomic mass is 16.5. The number of aliphatic imine (C=N–C) groups is 1. The third kappa shape index (κ3) is 9.30. The van der Waals surface area contributed by atoms with Crippen LogP contribution < -0.4 is 20.7 Å². The van der Waals surface area contributed by atoms with E-state index in [4.69, 9.17) is 4.74 Å². The van der Waals surface area contributed by atoms with Crippen molar-refractivity contribution < 1.29 is 9.53 Å². The average Bonchev–Trinajstić information content (AvgIpc) is 2.51. The summed E-state index contributed by atoms with van der Waals surface area (Å²) in [6, 6.07) is 8.09. The lowest BCUT2D eigenvalue weighted by atomic mass is 10.1. The number of amides is 1. The number of rotatable bonds is 8. The fraction of sp³-hybridized carbons (Fsp3) is 0.600. The van der Waals surface area contributed by atoms with Gasteiger partial charge in [0, 0.05) is 31.1 Å². The standard InChI is InChI=1S/C20H34N4O2/c1-7-21-19(22-13-12-18(25)24-15(2)3)23-14-16-10-8-9-11-17(16)26-20(4,5)6/h8-11,15H,7,12-14H2,1-6H3,(H,24,25)(H2,21,22,23). The van der Waals surface area contributed by atoms with Crippen molar-refractivity contribution in [1.82, 2.24) is 16.0 Å². The minimum Gasteiger partial charge on any atom is -0.488 e. The second kappa shape index (κ2) is 10.7. The minimum atomic E-state index is -0.258. The Labute approximate surface area is 157 Å². The molecule has 26 heavy (non-hydrogen) atoms. The van der Waals surface area contributed by atoms with Crippen molar-refractivity contribution in [2.75, 3.05) is 13.1 Å². The van der Waals surface area contributed by atoms with Crippen molar-refractivity contribution in [2.24, 2.45) is 4.99 Å². The molecule has 1 aromatic rings. The van der Waals surface area contributed by atoms with Crippen LogP contribution in [0.25, 0.3) is 0 Å². The fourth-order valence-electron chi connectivity index (χ4n) is 2.26. The van der Waals surface area contributed by atoms with Crippen LogP contribution in [0.5, 0.6) is 5.75 Å². The van der Waals surface area contributed by atoms with Gasteiger partial charge in [-0.1, -0.05) is 18.2 Å². The summed E-state index contributed by atoms with van der Waals surface area (Å²) in [5.41, 5.74) is 0.768. The summed E-state index contributed by atoms with van der Waals surface area (Å²) in [6.45, 7) is 13.8. The molecule has 0 saturated carbocycles. The number of nitrogens with one attached hydrogen (secondary N) is 3. The van der Waals surface area contributed by atoms with Crippen LogP contribution >= 0.6 is 0 Å². The van der Waals surface area contributed by atoms with Crippen LogP contribution in [0.4, 0.5) is 0 Å². The maximum absolute atomic E-state index is 11.7. The maximum atomic E-state index is 11.7. The first-order valence-corrected chi connectivity index (χ1v) is 9.29. The van der Waals surface area contributed by atoms with Crippen LogP contribution in [0.3, 0.4) is 0 Å². The predicted molar refractivity (Wildman–Crippen MR) is 108 cm³/mol. The Kier molecular flexibility index (Phi) is 8.96. The smallest absolute Gasteiger partial charge is 0.221 e. The molecule has 6 nitrogen and oxygen atoms in total. The number of nitrogens with zero attached hydrogens (tertiary/aromatic N) is 1. The molecule has 0 aliphatic rings. The summed E-state index contributed by atoms with van der Waals surface area (Å²) >= 11 is 0. The number of hydrogen-bond donors (Lipinski definition) is 3. The van der Waals surface area contributed by atoms with Gasteiger partial charge in [0.15, 0.2) is 5.96 Å². The zero-order chi connectivity index (χ0) is 19.6. The molecule has 0 aliphatic heterocycles. The van der Waals surface area contributed by atoms with Crippen LogP contribution in [0, 0.1) is 0 Å². The van der Waals surface area contributed by atoms with Crippen LogP contribution in [-0.2, 0) is 11.3 Å². The van der Waals surface area contributed by atoms with E-state index in [1.54, 1.807) is 0 Å². The normalized spacial score (nSPS) is 12.0. The van der Waals surface area contributed by atoms with Gasteiger partial charge >= 0.3 is 0 Å². The molecule has 0 atom stereocenters. The molecule has 0 bridgehead atoms. The first-order valence-electron chi connectivity index (χ1n) is 9.29.